The molecule has 1 aliphatic heterocycles. The van der Waals surface area contributed by atoms with Crippen LogP contribution in [0.3, 0.4) is 0 Å². The number of piperazine rings is 1. The Bertz CT molecular complexity index is 702. The van der Waals surface area contributed by atoms with Crippen LogP contribution in [0.1, 0.15) is 18.9 Å². The van der Waals surface area contributed by atoms with Gasteiger partial charge in [0.05, 0.1) is 6.61 Å². The largest absolute Gasteiger partial charge is 0.494 e. The highest BCUT2D eigenvalue weighted by Gasteiger charge is 2.19. The highest BCUT2D eigenvalue weighted by Crippen LogP contribution is 2.19. The third-order valence-electron chi connectivity index (χ3n) is 4.34. The monoisotopic (exact) mass is 501 g/mol. The summed E-state index contributed by atoms with van der Waals surface area (Å²) in [6.45, 7) is 7.18. The average molecular weight is 501 g/mol. The third kappa shape index (κ3) is 6.53. The van der Waals surface area contributed by atoms with Crippen LogP contribution in [0.25, 0.3) is 0 Å². The third-order valence-corrected chi connectivity index (χ3v) is 5.17. The molecule has 2 aromatic rings. The fourth-order valence-electron chi connectivity index (χ4n) is 2.91. The zero-order valence-electron chi connectivity index (χ0n) is 15.7. The molecular weight excluding hydrogens is 473 g/mol. The van der Waals surface area contributed by atoms with Gasteiger partial charge in [-0.1, -0.05) is 19.1 Å². The molecule has 1 saturated heterocycles. The van der Waals surface area contributed by atoms with E-state index >= 15 is 0 Å². The predicted octanol–water partition coefficient (Wildman–Crippen LogP) is 3.23. The summed E-state index contributed by atoms with van der Waals surface area (Å²) < 4.78 is 5.68. The van der Waals surface area contributed by atoms with E-state index in [4.69, 9.17) is 10.5 Å². The summed E-state index contributed by atoms with van der Waals surface area (Å²) >= 11 is 1.68. The lowest BCUT2D eigenvalue weighted by molar-refractivity contribution is 0.317. The maximum atomic E-state index is 6.19. The van der Waals surface area contributed by atoms with Crippen molar-refractivity contribution in [1.82, 2.24) is 9.88 Å². The van der Waals surface area contributed by atoms with Crippen LogP contribution in [-0.4, -0.2) is 55.2 Å². The Labute approximate surface area is 182 Å². The lowest BCUT2D eigenvalue weighted by atomic mass is 10.1. The highest BCUT2D eigenvalue weighted by atomic mass is 127. The van der Waals surface area contributed by atoms with Crippen LogP contribution in [0.4, 0.5) is 5.13 Å². The molecule has 2 heterocycles. The first-order valence-corrected chi connectivity index (χ1v) is 10.1. The van der Waals surface area contributed by atoms with Gasteiger partial charge < -0.3 is 20.3 Å². The van der Waals surface area contributed by atoms with Crippen molar-refractivity contribution in [2.75, 3.05) is 44.2 Å². The molecule has 0 saturated carbocycles. The molecular formula is C19H28IN5OS. The minimum Gasteiger partial charge on any atom is -0.494 e. The number of hydrogen-bond donors (Lipinski definition) is 1. The Balaban J connectivity index is 0.00000261. The van der Waals surface area contributed by atoms with Crippen LogP contribution < -0.4 is 15.4 Å². The van der Waals surface area contributed by atoms with E-state index in [0.29, 0.717) is 12.5 Å². The van der Waals surface area contributed by atoms with Crippen LogP contribution >= 0.6 is 35.3 Å². The van der Waals surface area contributed by atoms with Crippen LogP contribution in [0, 0.1) is 0 Å². The number of ether oxygens (including phenoxy) is 1. The molecule has 1 fully saturated rings. The van der Waals surface area contributed by atoms with Gasteiger partial charge in [0.1, 0.15) is 5.75 Å². The molecule has 0 radical (unpaired) electrons. The second-order valence-electron chi connectivity index (χ2n) is 6.27. The zero-order chi connectivity index (χ0) is 18.2. The number of anilines is 1. The topological polar surface area (TPSA) is 67.0 Å². The molecule has 27 heavy (non-hydrogen) atoms. The van der Waals surface area contributed by atoms with E-state index in [1.54, 1.807) is 11.3 Å². The molecule has 8 heteroatoms. The number of aromatic nitrogens is 1. The normalized spacial score (nSPS) is 14.8. The van der Waals surface area contributed by atoms with Crippen molar-refractivity contribution in [3.05, 3.63) is 41.4 Å². The van der Waals surface area contributed by atoms with Gasteiger partial charge in [-0.25, -0.2) is 4.98 Å². The van der Waals surface area contributed by atoms with E-state index in [9.17, 15) is 0 Å². The van der Waals surface area contributed by atoms with E-state index < -0.39 is 0 Å². The molecule has 0 spiro atoms. The van der Waals surface area contributed by atoms with Crippen LogP contribution in [-0.2, 0) is 6.42 Å². The lowest BCUT2D eigenvalue weighted by Gasteiger charge is -2.35. The van der Waals surface area contributed by atoms with E-state index in [1.165, 1.54) is 5.56 Å². The summed E-state index contributed by atoms with van der Waals surface area (Å²) in [7, 11) is 0. The predicted molar refractivity (Wildman–Crippen MR) is 124 cm³/mol. The molecule has 0 amide bonds. The molecule has 1 aromatic carbocycles. The first-order valence-electron chi connectivity index (χ1n) is 9.17. The van der Waals surface area contributed by atoms with Crippen LogP contribution in [0.2, 0.25) is 0 Å². The highest BCUT2D eigenvalue weighted by molar-refractivity contribution is 14.0. The smallest absolute Gasteiger partial charge is 0.191 e. The minimum atomic E-state index is 0. The maximum absolute atomic E-state index is 6.19. The molecule has 148 valence electrons. The van der Waals surface area contributed by atoms with Gasteiger partial charge in [0, 0.05) is 44.3 Å². The van der Waals surface area contributed by atoms with E-state index in [2.05, 4.69) is 38.8 Å². The molecule has 0 aliphatic carbocycles. The lowest BCUT2D eigenvalue weighted by Crippen LogP contribution is -2.51. The fourth-order valence-corrected chi connectivity index (χ4v) is 3.61. The summed E-state index contributed by atoms with van der Waals surface area (Å²) in [6, 6.07) is 8.23. The molecule has 1 aliphatic rings. The second kappa shape index (κ2) is 11.3. The Hall–Kier alpha value is -1.55. The number of halogens is 1. The van der Waals surface area contributed by atoms with E-state index in [-0.39, 0.29) is 24.0 Å². The van der Waals surface area contributed by atoms with Gasteiger partial charge in [0.25, 0.3) is 0 Å². The van der Waals surface area contributed by atoms with Crippen molar-refractivity contribution in [1.29, 1.82) is 0 Å². The van der Waals surface area contributed by atoms with Crippen molar-refractivity contribution in [3.8, 4) is 5.75 Å². The van der Waals surface area contributed by atoms with Gasteiger partial charge in [0.2, 0.25) is 0 Å². The number of benzene rings is 1. The van der Waals surface area contributed by atoms with Gasteiger partial charge in [0.15, 0.2) is 11.1 Å². The molecule has 0 unspecified atom stereocenters. The van der Waals surface area contributed by atoms with Crippen molar-refractivity contribution >= 4 is 46.4 Å². The Morgan fingerprint density at radius 3 is 2.81 bits per heavy atom. The molecule has 3 rings (SSSR count). The van der Waals surface area contributed by atoms with Gasteiger partial charge in [-0.2, -0.15) is 0 Å². The molecule has 1 aromatic heterocycles. The standard InChI is InChI=1S/C19H27N5OS.HI/c1-2-13-25-17-5-3-4-16(15-17)6-7-21-18(20)23-9-11-24(12-10-23)19-22-8-14-26-19;/h3-5,8,14-15H,2,6-7,9-13H2,1H3,(H2,20,21);1H. The first kappa shape index (κ1) is 21.7. The summed E-state index contributed by atoms with van der Waals surface area (Å²) in [5.74, 6) is 1.57. The van der Waals surface area contributed by atoms with Crippen LogP contribution in [0.5, 0.6) is 5.75 Å². The number of thiazole rings is 1. The van der Waals surface area contributed by atoms with Crippen molar-refractivity contribution < 1.29 is 4.74 Å². The Morgan fingerprint density at radius 1 is 1.30 bits per heavy atom. The summed E-state index contributed by atoms with van der Waals surface area (Å²) in [6.07, 6.45) is 3.73. The van der Waals surface area contributed by atoms with Crippen molar-refractivity contribution in [2.24, 2.45) is 10.7 Å². The molecule has 0 atom stereocenters. The van der Waals surface area contributed by atoms with E-state index in [1.807, 2.05) is 23.7 Å². The number of guanidine groups is 1. The average Bonchev–Trinajstić information content (AvgIpc) is 3.21. The van der Waals surface area contributed by atoms with E-state index in [0.717, 1.165) is 56.5 Å². The van der Waals surface area contributed by atoms with Gasteiger partial charge in [-0.15, -0.1) is 35.3 Å². The number of aliphatic imine (C=N–C) groups is 1. The van der Waals surface area contributed by atoms with Gasteiger partial charge in [-0.05, 0) is 30.5 Å². The van der Waals surface area contributed by atoms with Crippen molar-refractivity contribution in [2.45, 2.75) is 19.8 Å². The van der Waals surface area contributed by atoms with Crippen LogP contribution in [0.15, 0.2) is 40.8 Å². The molecule has 0 bridgehead atoms. The number of hydrogen-bond acceptors (Lipinski definition) is 5. The molecule has 6 nitrogen and oxygen atoms in total. The SMILES string of the molecule is CCCOc1cccc(CCN=C(N)N2CCN(c3nccs3)CC2)c1.I. The van der Waals surface area contributed by atoms with Crippen molar-refractivity contribution in [3.63, 3.8) is 0 Å². The van der Waals surface area contributed by atoms with Gasteiger partial charge >= 0.3 is 0 Å². The maximum Gasteiger partial charge on any atom is 0.191 e. The summed E-state index contributed by atoms with van der Waals surface area (Å²) in [5, 5.41) is 3.10. The zero-order valence-corrected chi connectivity index (χ0v) is 18.9. The number of nitrogens with two attached hydrogens (primary N) is 1. The fraction of sp³-hybridized carbons (Fsp3) is 0.474. The number of nitrogens with zero attached hydrogens (tertiary/aromatic N) is 4. The molecule has 2 N–H and O–H groups in total. The summed E-state index contributed by atoms with van der Waals surface area (Å²) in [4.78, 5) is 13.4. The Morgan fingerprint density at radius 2 is 2.11 bits per heavy atom. The van der Waals surface area contributed by atoms with Gasteiger partial charge in [-0.3, -0.25) is 4.99 Å². The first-order chi connectivity index (χ1) is 12.8. The number of rotatable bonds is 7. The second-order valence-corrected chi connectivity index (χ2v) is 7.15. The quantitative estimate of drug-likeness (QED) is 0.359. The minimum absolute atomic E-state index is 0. The Kier molecular flexibility index (Phi) is 9.12. The summed E-state index contributed by atoms with van der Waals surface area (Å²) in [5.41, 5.74) is 7.42.